The highest BCUT2D eigenvalue weighted by Crippen LogP contribution is 2.41. The molecule has 0 saturated carbocycles. The fourth-order valence-electron chi connectivity index (χ4n) is 2.51. The van der Waals surface area contributed by atoms with Crippen molar-refractivity contribution in [2.24, 2.45) is 5.84 Å². The van der Waals surface area contributed by atoms with Crippen LogP contribution in [0.2, 0.25) is 0 Å². The van der Waals surface area contributed by atoms with E-state index in [4.69, 9.17) is 18.1 Å². The number of hydrazine groups is 1. The lowest BCUT2D eigenvalue weighted by Crippen LogP contribution is -2.34. The third kappa shape index (κ3) is 3.66. The first-order valence-electron chi connectivity index (χ1n) is 7.73. The van der Waals surface area contributed by atoms with Gasteiger partial charge in [0.1, 0.15) is 5.75 Å². The van der Waals surface area contributed by atoms with Crippen LogP contribution in [0, 0.1) is 0 Å². The van der Waals surface area contributed by atoms with Crippen molar-refractivity contribution in [2.75, 3.05) is 0 Å². The Morgan fingerprint density at radius 3 is 1.92 bits per heavy atom. The summed E-state index contributed by atoms with van der Waals surface area (Å²) in [5.74, 6) is 5.65. The van der Waals surface area contributed by atoms with Gasteiger partial charge in [-0.1, -0.05) is 65.5 Å². The van der Waals surface area contributed by atoms with Gasteiger partial charge < -0.3 is 5.11 Å². The summed E-state index contributed by atoms with van der Waals surface area (Å²) in [6, 6.07) is 3.85. The van der Waals surface area contributed by atoms with E-state index in [1.54, 1.807) is 6.08 Å². The molecule has 1 fully saturated rings. The van der Waals surface area contributed by atoms with E-state index >= 15 is 0 Å². The largest absolute Gasteiger partial charge is 0.507 e. The molecule has 4 nitrogen and oxygen atoms in total. The van der Waals surface area contributed by atoms with Crippen LogP contribution in [-0.4, -0.2) is 20.3 Å². The molecule has 2 rings (SSSR count). The Morgan fingerprint density at radius 1 is 1.12 bits per heavy atom. The fourth-order valence-corrected chi connectivity index (χ4v) is 3.62. The lowest BCUT2D eigenvalue weighted by atomic mass is 9.78. The number of nitrogens with two attached hydrogens (primary N) is 1. The minimum atomic E-state index is -0.298. The number of carbonyl (C=O) groups excluding carboxylic acids is 1. The number of aromatic hydroxyl groups is 1. The van der Waals surface area contributed by atoms with E-state index in [1.807, 2.05) is 12.1 Å². The van der Waals surface area contributed by atoms with Gasteiger partial charge in [-0.2, -0.15) is 0 Å². The maximum absolute atomic E-state index is 12.1. The zero-order valence-electron chi connectivity index (χ0n) is 14.9. The van der Waals surface area contributed by atoms with Crippen LogP contribution in [-0.2, 0) is 15.6 Å². The minimum absolute atomic E-state index is 0.222. The Morgan fingerprint density at radius 2 is 1.58 bits per heavy atom. The van der Waals surface area contributed by atoms with Crippen LogP contribution in [0.5, 0.6) is 5.75 Å². The Kier molecular flexibility index (Phi) is 4.87. The van der Waals surface area contributed by atoms with Crippen molar-refractivity contribution in [3.63, 3.8) is 0 Å². The van der Waals surface area contributed by atoms with Crippen LogP contribution in [0.3, 0.4) is 0 Å². The number of benzene rings is 1. The third-order valence-electron chi connectivity index (χ3n) is 3.87. The van der Waals surface area contributed by atoms with Crippen molar-refractivity contribution >= 4 is 40.3 Å². The number of amides is 1. The number of phenolic OH excluding ortho intramolecular Hbond substituents is 1. The minimum Gasteiger partial charge on any atom is -0.507 e. The van der Waals surface area contributed by atoms with Gasteiger partial charge in [-0.25, -0.2) is 10.9 Å². The van der Waals surface area contributed by atoms with Gasteiger partial charge >= 0.3 is 0 Å². The second kappa shape index (κ2) is 6.17. The Hall–Kier alpha value is -1.37. The zero-order valence-corrected chi connectivity index (χ0v) is 16.6. The molecule has 0 bridgehead atoms. The number of hydrogen-bond donors (Lipinski definition) is 2. The van der Waals surface area contributed by atoms with Gasteiger partial charge in [0.05, 0.1) is 4.91 Å². The number of thiocarbonyl (C=S) groups is 1. The number of thioether (sulfide) groups is 1. The van der Waals surface area contributed by atoms with Gasteiger partial charge in [0, 0.05) is 11.1 Å². The molecule has 0 atom stereocenters. The average molecular weight is 365 g/mol. The number of phenols is 1. The fraction of sp³-hybridized carbons (Fsp3) is 0.444. The summed E-state index contributed by atoms with van der Waals surface area (Å²) in [7, 11) is 0. The van der Waals surface area contributed by atoms with E-state index in [-0.39, 0.29) is 16.7 Å². The van der Waals surface area contributed by atoms with Crippen molar-refractivity contribution in [3.05, 3.63) is 33.7 Å². The topological polar surface area (TPSA) is 66.6 Å². The molecule has 1 amide bonds. The standard InChI is InChI=1S/C18H24N2O2S2/c1-17(2,3)11-7-10(8-12(14(11)21)18(4,5)6)9-13-15(22)20(19)16(23)24-13/h7-9,21H,19H2,1-6H3/b13-9-. The lowest BCUT2D eigenvalue weighted by Gasteiger charge is -2.28. The number of hydrogen-bond acceptors (Lipinski definition) is 5. The van der Waals surface area contributed by atoms with Crippen LogP contribution >= 0.6 is 24.0 Å². The van der Waals surface area contributed by atoms with Crippen LogP contribution in [0.4, 0.5) is 0 Å². The summed E-state index contributed by atoms with van der Waals surface area (Å²) in [5.41, 5.74) is 2.12. The summed E-state index contributed by atoms with van der Waals surface area (Å²) < 4.78 is 0.345. The lowest BCUT2D eigenvalue weighted by molar-refractivity contribution is -0.122. The first-order chi connectivity index (χ1) is 10.8. The second-order valence-corrected chi connectivity index (χ2v) is 9.69. The Labute approximate surface area is 153 Å². The molecule has 24 heavy (non-hydrogen) atoms. The molecule has 130 valence electrons. The molecule has 0 radical (unpaired) electrons. The van der Waals surface area contributed by atoms with Crippen molar-refractivity contribution in [1.82, 2.24) is 5.01 Å². The van der Waals surface area contributed by atoms with Crippen molar-refractivity contribution in [2.45, 2.75) is 52.4 Å². The Balaban J connectivity index is 2.64. The molecule has 1 heterocycles. The van der Waals surface area contributed by atoms with Gasteiger partial charge in [0.2, 0.25) is 0 Å². The van der Waals surface area contributed by atoms with Gasteiger partial charge in [-0.05, 0) is 34.6 Å². The van der Waals surface area contributed by atoms with Gasteiger partial charge in [0.15, 0.2) is 4.32 Å². The quantitative estimate of drug-likeness (QED) is 0.340. The van der Waals surface area contributed by atoms with Crippen molar-refractivity contribution < 1.29 is 9.90 Å². The predicted molar refractivity (Wildman–Crippen MR) is 105 cm³/mol. The van der Waals surface area contributed by atoms with E-state index in [0.29, 0.717) is 15.0 Å². The maximum Gasteiger partial charge on any atom is 0.280 e. The summed E-state index contributed by atoms with van der Waals surface area (Å²) in [6.45, 7) is 12.3. The molecule has 6 heteroatoms. The second-order valence-electron chi connectivity index (χ2n) is 8.02. The molecule has 1 saturated heterocycles. The molecular weight excluding hydrogens is 340 g/mol. The molecule has 0 aliphatic carbocycles. The molecule has 1 aromatic rings. The molecule has 1 aliphatic heterocycles. The highest BCUT2D eigenvalue weighted by atomic mass is 32.2. The number of carbonyl (C=O) groups is 1. The highest BCUT2D eigenvalue weighted by molar-refractivity contribution is 8.26. The van der Waals surface area contributed by atoms with E-state index in [0.717, 1.165) is 21.7 Å². The molecule has 0 spiro atoms. The van der Waals surface area contributed by atoms with Crippen LogP contribution < -0.4 is 5.84 Å². The normalized spacial score (nSPS) is 18.0. The van der Waals surface area contributed by atoms with Crippen LogP contribution in [0.1, 0.15) is 58.2 Å². The zero-order chi connectivity index (χ0) is 18.4. The molecule has 0 unspecified atom stereocenters. The van der Waals surface area contributed by atoms with Gasteiger partial charge in [-0.3, -0.25) is 4.79 Å². The summed E-state index contributed by atoms with van der Waals surface area (Å²) >= 11 is 6.25. The Bertz CT molecular complexity index is 705. The number of nitrogens with zero attached hydrogens (tertiary/aromatic N) is 1. The predicted octanol–water partition coefficient (Wildman–Crippen LogP) is 4.06. The number of rotatable bonds is 1. The average Bonchev–Trinajstić information content (AvgIpc) is 2.65. The van der Waals surface area contributed by atoms with Crippen molar-refractivity contribution in [3.8, 4) is 5.75 Å². The molecule has 1 aromatic carbocycles. The van der Waals surface area contributed by atoms with Gasteiger partial charge in [-0.15, -0.1) is 0 Å². The van der Waals surface area contributed by atoms with Crippen LogP contribution in [0.25, 0.3) is 6.08 Å². The van der Waals surface area contributed by atoms with Gasteiger partial charge in [0.25, 0.3) is 5.91 Å². The first kappa shape index (κ1) is 19.0. The third-order valence-corrected chi connectivity index (χ3v) is 5.20. The maximum atomic E-state index is 12.1. The highest BCUT2D eigenvalue weighted by Gasteiger charge is 2.31. The summed E-state index contributed by atoms with van der Waals surface area (Å²) in [5, 5.41) is 11.7. The first-order valence-corrected chi connectivity index (χ1v) is 8.95. The summed E-state index contributed by atoms with van der Waals surface area (Å²) in [4.78, 5) is 12.6. The van der Waals surface area contributed by atoms with Crippen molar-refractivity contribution in [1.29, 1.82) is 0 Å². The SMILES string of the molecule is CC(C)(C)c1cc(/C=C2\SC(=S)N(N)C2=O)cc(C(C)(C)C)c1O. The summed E-state index contributed by atoms with van der Waals surface area (Å²) in [6.07, 6.45) is 1.79. The molecule has 3 N–H and O–H groups in total. The van der Waals surface area contributed by atoms with E-state index in [1.165, 1.54) is 11.8 Å². The molecular formula is C18H24N2O2S2. The van der Waals surface area contributed by atoms with E-state index < -0.39 is 0 Å². The van der Waals surface area contributed by atoms with E-state index in [2.05, 4.69) is 41.5 Å². The molecule has 0 aromatic heterocycles. The smallest absolute Gasteiger partial charge is 0.280 e. The van der Waals surface area contributed by atoms with Crippen LogP contribution in [0.15, 0.2) is 17.0 Å². The monoisotopic (exact) mass is 364 g/mol. The van der Waals surface area contributed by atoms with E-state index in [9.17, 15) is 9.90 Å². The molecule has 1 aliphatic rings.